The van der Waals surface area contributed by atoms with Gasteiger partial charge in [0.05, 0.1) is 24.0 Å². The number of amides is 2. The number of carbonyl (C=O) groups is 2. The van der Waals surface area contributed by atoms with Gasteiger partial charge in [0.2, 0.25) is 5.91 Å². The number of nitrogens with one attached hydrogen (secondary N) is 1. The molecule has 0 unspecified atom stereocenters. The summed E-state index contributed by atoms with van der Waals surface area (Å²) in [5.74, 6) is -1.87. The fraction of sp³-hybridized carbons (Fsp3) is 0.400. The Morgan fingerprint density at radius 3 is 2.58 bits per heavy atom. The average molecular weight is 551 g/mol. The molecule has 1 aliphatic heterocycles. The van der Waals surface area contributed by atoms with Gasteiger partial charge >= 0.3 is 6.18 Å². The summed E-state index contributed by atoms with van der Waals surface area (Å²) >= 11 is 6.52. The van der Waals surface area contributed by atoms with Crippen molar-refractivity contribution < 1.29 is 27.2 Å². The Morgan fingerprint density at radius 2 is 1.92 bits per heavy atom. The minimum Gasteiger partial charge on any atom is -0.345 e. The number of aromatic nitrogens is 4. The first kappa shape index (κ1) is 26.1. The predicted octanol–water partition coefficient (Wildman–Crippen LogP) is 4.44. The second-order valence-electron chi connectivity index (χ2n) is 9.50. The van der Waals surface area contributed by atoms with Crippen LogP contribution in [0.5, 0.6) is 0 Å². The van der Waals surface area contributed by atoms with Gasteiger partial charge in [-0.3, -0.25) is 19.3 Å². The average Bonchev–Trinajstić information content (AvgIpc) is 3.49. The number of alkyl halides is 3. The third-order valence-corrected chi connectivity index (χ3v) is 7.28. The zero-order chi connectivity index (χ0) is 27.2. The molecule has 2 aromatic heterocycles. The van der Waals surface area contributed by atoms with E-state index in [9.17, 15) is 27.2 Å². The lowest BCUT2D eigenvalue weighted by atomic mass is 9.97. The summed E-state index contributed by atoms with van der Waals surface area (Å²) in [4.78, 5) is 35.5. The van der Waals surface area contributed by atoms with Crippen LogP contribution >= 0.6 is 11.6 Å². The predicted molar refractivity (Wildman–Crippen MR) is 128 cm³/mol. The molecule has 1 saturated heterocycles. The highest BCUT2D eigenvalue weighted by Gasteiger charge is 2.43. The van der Waals surface area contributed by atoms with Gasteiger partial charge in [0.1, 0.15) is 23.7 Å². The number of carbonyl (C=O) groups excluding carboxylic acids is 2. The van der Waals surface area contributed by atoms with Gasteiger partial charge in [0.15, 0.2) is 0 Å². The number of aryl methyl sites for hydroxylation is 1. The van der Waals surface area contributed by atoms with Gasteiger partial charge < -0.3 is 10.2 Å². The molecule has 2 aliphatic rings. The summed E-state index contributed by atoms with van der Waals surface area (Å²) in [6.07, 6.45) is 1.09. The Hall–Kier alpha value is -3.54. The van der Waals surface area contributed by atoms with Gasteiger partial charge in [-0.1, -0.05) is 11.6 Å². The van der Waals surface area contributed by atoms with Gasteiger partial charge in [-0.05, 0) is 55.5 Å². The molecule has 1 aliphatic carbocycles. The molecule has 3 heterocycles. The van der Waals surface area contributed by atoms with Gasteiger partial charge in [0, 0.05) is 29.9 Å². The summed E-state index contributed by atoms with van der Waals surface area (Å²) in [6.45, 7) is 1.02. The van der Waals surface area contributed by atoms with Crippen LogP contribution < -0.4 is 5.32 Å². The normalized spacial score (nSPS) is 19.6. The molecule has 200 valence electrons. The molecule has 0 spiro atoms. The van der Waals surface area contributed by atoms with Crippen molar-refractivity contribution in [3.05, 3.63) is 75.8 Å². The van der Waals surface area contributed by atoms with E-state index in [-0.39, 0.29) is 35.2 Å². The summed E-state index contributed by atoms with van der Waals surface area (Å²) < 4.78 is 56.3. The van der Waals surface area contributed by atoms with E-state index in [0.29, 0.717) is 15.9 Å². The third kappa shape index (κ3) is 5.22. The first-order chi connectivity index (χ1) is 18.0. The molecule has 13 heteroatoms. The van der Waals surface area contributed by atoms with Crippen LogP contribution in [0.4, 0.5) is 17.6 Å². The van der Waals surface area contributed by atoms with Crippen LogP contribution in [0.25, 0.3) is 0 Å². The minimum atomic E-state index is -4.69. The van der Waals surface area contributed by atoms with E-state index >= 15 is 0 Å². The molecule has 2 amide bonds. The number of benzene rings is 1. The molecule has 0 radical (unpaired) electrons. The van der Waals surface area contributed by atoms with Crippen molar-refractivity contribution in [2.24, 2.45) is 0 Å². The zero-order valence-corrected chi connectivity index (χ0v) is 20.9. The van der Waals surface area contributed by atoms with Crippen LogP contribution in [-0.2, 0) is 17.5 Å². The first-order valence-electron chi connectivity index (χ1n) is 12.0. The lowest BCUT2D eigenvalue weighted by Crippen LogP contribution is -2.42. The Labute approximate surface area is 220 Å². The third-order valence-electron chi connectivity index (χ3n) is 6.77. The smallest absolute Gasteiger partial charge is 0.345 e. The number of likely N-dealkylation sites (tertiary alicyclic amines) is 1. The van der Waals surface area contributed by atoms with Crippen LogP contribution in [0, 0.1) is 12.7 Å². The molecule has 38 heavy (non-hydrogen) atoms. The van der Waals surface area contributed by atoms with Crippen molar-refractivity contribution in [2.75, 3.05) is 6.54 Å². The van der Waals surface area contributed by atoms with E-state index in [2.05, 4.69) is 20.4 Å². The van der Waals surface area contributed by atoms with Crippen molar-refractivity contribution in [1.82, 2.24) is 30.0 Å². The van der Waals surface area contributed by atoms with Crippen molar-refractivity contribution in [1.29, 1.82) is 0 Å². The van der Waals surface area contributed by atoms with Crippen molar-refractivity contribution >= 4 is 23.4 Å². The van der Waals surface area contributed by atoms with Gasteiger partial charge in [0.25, 0.3) is 5.91 Å². The van der Waals surface area contributed by atoms with E-state index in [1.54, 1.807) is 6.92 Å². The SMILES string of the molecule is Cc1cc(F)cc([C@@H]2[C@H](NC(=O)c3cnccn3)CCN2C(=O)Cn2nc(C3CC3)cc2C(F)(F)F)c1Cl. The summed E-state index contributed by atoms with van der Waals surface area (Å²) in [6, 6.07) is 1.75. The highest BCUT2D eigenvalue weighted by Crippen LogP contribution is 2.42. The number of halogens is 5. The molecule has 5 rings (SSSR count). The van der Waals surface area contributed by atoms with Gasteiger partial charge in [-0.2, -0.15) is 18.3 Å². The second kappa shape index (κ2) is 9.97. The van der Waals surface area contributed by atoms with E-state index in [0.717, 1.165) is 18.9 Å². The molecule has 2 fully saturated rings. The Kier molecular flexibility index (Phi) is 6.84. The van der Waals surface area contributed by atoms with Crippen LogP contribution in [-0.4, -0.2) is 49.0 Å². The van der Waals surface area contributed by atoms with Crippen molar-refractivity contribution in [3.63, 3.8) is 0 Å². The van der Waals surface area contributed by atoms with E-state index in [1.165, 1.54) is 35.6 Å². The standard InChI is InChI=1S/C25H23ClF4N6O2/c1-13-8-15(27)9-16(22(13)26)23-17(33-24(38)19-11-31-5-6-32-19)4-7-35(23)21(37)12-36-20(25(28,29)30)10-18(34-36)14-2-3-14/h5-6,8-11,14,17,23H,2-4,7,12H2,1H3,(H,33,38)/t17-,23-/m1/s1. The van der Waals surface area contributed by atoms with E-state index in [1.807, 2.05) is 0 Å². The molecule has 1 aromatic carbocycles. The first-order valence-corrected chi connectivity index (χ1v) is 12.4. The number of hydrogen-bond acceptors (Lipinski definition) is 5. The maximum atomic E-state index is 14.5. The maximum Gasteiger partial charge on any atom is 0.433 e. The maximum absolute atomic E-state index is 14.5. The quantitative estimate of drug-likeness (QED) is 0.458. The molecular formula is C25H23ClF4N6O2. The van der Waals surface area contributed by atoms with Gasteiger partial charge in [-0.15, -0.1) is 0 Å². The lowest BCUT2D eigenvalue weighted by molar-refractivity contribution is -0.146. The topological polar surface area (TPSA) is 93.0 Å². The Morgan fingerprint density at radius 1 is 1.16 bits per heavy atom. The molecule has 2 atom stereocenters. The van der Waals surface area contributed by atoms with Crippen LogP contribution in [0.1, 0.15) is 64.2 Å². The molecule has 1 N–H and O–H groups in total. The monoisotopic (exact) mass is 550 g/mol. The summed E-state index contributed by atoms with van der Waals surface area (Å²) in [5.41, 5.74) is 0.00303. The molecule has 0 bridgehead atoms. The van der Waals surface area contributed by atoms with Gasteiger partial charge in [-0.25, -0.2) is 9.37 Å². The number of hydrogen-bond donors (Lipinski definition) is 1. The second-order valence-corrected chi connectivity index (χ2v) is 9.88. The summed E-state index contributed by atoms with van der Waals surface area (Å²) in [5, 5.41) is 7.08. The molecule has 3 aromatic rings. The van der Waals surface area contributed by atoms with Crippen molar-refractivity contribution in [3.8, 4) is 0 Å². The highest BCUT2D eigenvalue weighted by molar-refractivity contribution is 6.32. The minimum absolute atomic E-state index is 0.0384. The fourth-order valence-electron chi connectivity index (χ4n) is 4.82. The Balaban J connectivity index is 1.47. The Bertz CT molecular complexity index is 1380. The fourth-order valence-corrected chi connectivity index (χ4v) is 5.04. The van der Waals surface area contributed by atoms with Crippen molar-refractivity contribution in [2.45, 2.75) is 56.9 Å². The zero-order valence-electron chi connectivity index (χ0n) is 20.2. The summed E-state index contributed by atoms with van der Waals surface area (Å²) in [7, 11) is 0. The molecule has 1 saturated carbocycles. The largest absolute Gasteiger partial charge is 0.433 e. The molecular weight excluding hydrogens is 528 g/mol. The van der Waals surface area contributed by atoms with Crippen LogP contribution in [0.2, 0.25) is 5.02 Å². The lowest BCUT2D eigenvalue weighted by Gasteiger charge is -2.30. The number of rotatable bonds is 6. The van der Waals surface area contributed by atoms with Crippen LogP contribution in [0.15, 0.2) is 36.8 Å². The van der Waals surface area contributed by atoms with Crippen LogP contribution in [0.3, 0.4) is 0 Å². The highest BCUT2D eigenvalue weighted by atomic mass is 35.5. The molecule has 8 nitrogen and oxygen atoms in total. The number of nitrogens with zero attached hydrogens (tertiary/aromatic N) is 5. The van der Waals surface area contributed by atoms with E-state index in [4.69, 9.17) is 11.6 Å². The van der Waals surface area contributed by atoms with E-state index < -0.39 is 48.1 Å².